The normalized spacial score (nSPS) is 12.5. The Bertz CT molecular complexity index is 472. The van der Waals surface area contributed by atoms with E-state index in [4.69, 9.17) is 5.73 Å². The highest BCUT2D eigenvalue weighted by Gasteiger charge is 2.26. The molecule has 1 amide bonds. The number of carbonyl (C=O) groups excluding carboxylic acids is 1. The predicted octanol–water partition coefficient (Wildman–Crippen LogP) is 4.16. The fourth-order valence-electron chi connectivity index (χ4n) is 2.15. The Labute approximate surface area is 117 Å². The Morgan fingerprint density at radius 2 is 1.58 bits per heavy atom. The Hall–Kier alpha value is -1.31. The molecule has 2 nitrogen and oxygen atoms in total. The second-order valence-corrected chi connectivity index (χ2v) is 6.60. The molecule has 0 spiro atoms. The lowest BCUT2D eigenvalue weighted by atomic mass is 9.75. The molecule has 0 saturated heterocycles. The van der Waals surface area contributed by atoms with Gasteiger partial charge in [0.25, 0.3) is 0 Å². The monoisotopic (exact) mass is 261 g/mol. The lowest BCUT2D eigenvalue weighted by molar-refractivity contribution is 0.0998. The number of carbonyl (C=O) groups is 1. The number of hydrogen-bond donors (Lipinski definition) is 1. The average molecular weight is 261 g/mol. The Morgan fingerprint density at radius 1 is 1.05 bits per heavy atom. The SMILES string of the molecule is CCC(C)(C)c1ccc(C(C)(C)CC)c(C(N)=O)c1. The summed E-state index contributed by atoms with van der Waals surface area (Å²) < 4.78 is 0. The van der Waals surface area contributed by atoms with Gasteiger partial charge >= 0.3 is 0 Å². The zero-order valence-electron chi connectivity index (χ0n) is 13.1. The van der Waals surface area contributed by atoms with Gasteiger partial charge < -0.3 is 5.73 Å². The molecule has 0 heterocycles. The van der Waals surface area contributed by atoms with Crippen molar-refractivity contribution in [2.24, 2.45) is 5.73 Å². The maximum absolute atomic E-state index is 11.8. The van der Waals surface area contributed by atoms with E-state index in [0.29, 0.717) is 5.56 Å². The van der Waals surface area contributed by atoms with Crippen LogP contribution in [0.15, 0.2) is 18.2 Å². The summed E-state index contributed by atoms with van der Waals surface area (Å²) in [6.07, 6.45) is 2.01. The molecular formula is C17H27NO. The summed E-state index contributed by atoms with van der Waals surface area (Å²) in [5.74, 6) is -0.328. The molecule has 0 aliphatic heterocycles. The lowest BCUT2D eigenvalue weighted by Gasteiger charge is -2.29. The predicted molar refractivity (Wildman–Crippen MR) is 81.6 cm³/mol. The highest BCUT2D eigenvalue weighted by atomic mass is 16.1. The van der Waals surface area contributed by atoms with E-state index in [1.54, 1.807) is 0 Å². The molecule has 1 aromatic rings. The minimum atomic E-state index is -0.328. The molecule has 0 radical (unpaired) electrons. The van der Waals surface area contributed by atoms with Gasteiger partial charge in [-0.3, -0.25) is 4.79 Å². The molecule has 1 aromatic carbocycles. The van der Waals surface area contributed by atoms with Crippen LogP contribution in [-0.2, 0) is 10.8 Å². The number of hydrogen-bond acceptors (Lipinski definition) is 1. The molecule has 0 atom stereocenters. The number of nitrogens with two attached hydrogens (primary N) is 1. The van der Waals surface area contributed by atoms with Gasteiger partial charge in [0.1, 0.15) is 0 Å². The molecule has 0 fully saturated rings. The van der Waals surface area contributed by atoms with Gasteiger partial charge in [-0.25, -0.2) is 0 Å². The highest BCUT2D eigenvalue weighted by Crippen LogP contribution is 2.34. The summed E-state index contributed by atoms with van der Waals surface area (Å²) in [4.78, 5) is 11.8. The van der Waals surface area contributed by atoms with Crippen molar-refractivity contribution in [1.82, 2.24) is 0 Å². The molecule has 1 rings (SSSR count). The summed E-state index contributed by atoms with van der Waals surface area (Å²) in [6.45, 7) is 13.0. The van der Waals surface area contributed by atoms with Crippen molar-refractivity contribution in [1.29, 1.82) is 0 Å². The second kappa shape index (κ2) is 5.36. The molecule has 0 unspecified atom stereocenters. The van der Waals surface area contributed by atoms with Gasteiger partial charge in [0.05, 0.1) is 0 Å². The van der Waals surface area contributed by atoms with E-state index >= 15 is 0 Å². The zero-order valence-corrected chi connectivity index (χ0v) is 13.1. The van der Waals surface area contributed by atoms with E-state index in [-0.39, 0.29) is 16.7 Å². The summed E-state index contributed by atoms with van der Waals surface area (Å²) >= 11 is 0. The van der Waals surface area contributed by atoms with Crippen LogP contribution in [0.1, 0.15) is 75.9 Å². The van der Waals surface area contributed by atoms with Crippen LogP contribution in [-0.4, -0.2) is 5.91 Å². The fraction of sp³-hybridized carbons (Fsp3) is 0.588. The minimum Gasteiger partial charge on any atom is -0.366 e. The molecule has 2 heteroatoms. The van der Waals surface area contributed by atoms with Crippen molar-refractivity contribution < 1.29 is 4.79 Å². The van der Waals surface area contributed by atoms with Gasteiger partial charge in [0.2, 0.25) is 5.91 Å². The van der Waals surface area contributed by atoms with Crippen molar-refractivity contribution in [3.05, 3.63) is 34.9 Å². The maximum Gasteiger partial charge on any atom is 0.249 e. The average Bonchev–Trinajstić information content (AvgIpc) is 2.37. The van der Waals surface area contributed by atoms with Gasteiger partial charge in [-0.15, -0.1) is 0 Å². The molecular weight excluding hydrogens is 234 g/mol. The molecule has 2 N–H and O–H groups in total. The van der Waals surface area contributed by atoms with E-state index in [1.165, 1.54) is 5.56 Å². The maximum atomic E-state index is 11.8. The number of primary amides is 1. The van der Waals surface area contributed by atoms with E-state index in [1.807, 2.05) is 6.07 Å². The van der Waals surface area contributed by atoms with Gasteiger partial charge in [-0.05, 0) is 40.9 Å². The first-order valence-electron chi connectivity index (χ1n) is 7.10. The van der Waals surface area contributed by atoms with E-state index < -0.39 is 0 Å². The molecule has 0 bridgehead atoms. The molecule has 0 aromatic heterocycles. The summed E-state index contributed by atoms with van der Waals surface area (Å²) in [5.41, 5.74) is 8.53. The van der Waals surface area contributed by atoms with Crippen LogP contribution in [0.4, 0.5) is 0 Å². The van der Waals surface area contributed by atoms with Gasteiger partial charge in [-0.2, -0.15) is 0 Å². The van der Waals surface area contributed by atoms with Crippen molar-refractivity contribution in [2.45, 2.75) is 65.2 Å². The van der Waals surface area contributed by atoms with Crippen molar-refractivity contribution >= 4 is 5.91 Å². The van der Waals surface area contributed by atoms with Crippen LogP contribution < -0.4 is 5.73 Å². The smallest absolute Gasteiger partial charge is 0.249 e. The van der Waals surface area contributed by atoms with Crippen molar-refractivity contribution in [2.75, 3.05) is 0 Å². The molecule has 0 aliphatic rings. The highest BCUT2D eigenvalue weighted by molar-refractivity contribution is 5.95. The summed E-state index contributed by atoms with van der Waals surface area (Å²) in [7, 11) is 0. The molecule has 0 aliphatic carbocycles. The quantitative estimate of drug-likeness (QED) is 0.849. The van der Waals surface area contributed by atoms with Gasteiger partial charge in [0, 0.05) is 5.56 Å². The van der Waals surface area contributed by atoms with Gasteiger partial charge in [0.15, 0.2) is 0 Å². The van der Waals surface area contributed by atoms with Crippen LogP contribution in [0.5, 0.6) is 0 Å². The minimum absolute atomic E-state index is 0.0285. The van der Waals surface area contributed by atoms with Crippen molar-refractivity contribution in [3.8, 4) is 0 Å². The van der Waals surface area contributed by atoms with Crippen LogP contribution >= 0.6 is 0 Å². The van der Waals surface area contributed by atoms with Gasteiger partial charge in [-0.1, -0.05) is 53.7 Å². The van der Waals surface area contributed by atoms with E-state index in [2.05, 4.69) is 53.7 Å². The second-order valence-electron chi connectivity index (χ2n) is 6.60. The Kier molecular flexibility index (Phi) is 4.44. The van der Waals surface area contributed by atoms with Crippen LogP contribution in [0, 0.1) is 0 Å². The Morgan fingerprint density at radius 3 is 2.00 bits per heavy atom. The van der Waals surface area contributed by atoms with E-state index in [0.717, 1.165) is 18.4 Å². The number of amides is 1. The standard InChI is InChI=1S/C17H27NO/c1-7-16(3,4)12-9-10-14(17(5,6)8-2)13(11-12)15(18)19/h9-11H,7-8H2,1-6H3,(H2,18,19). The Balaban J connectivity index is 3.43. The summed E-state index contributed by atoms with van der Waals surface area (Å²) in [6, 6.07) is 6.21. The first kappa shape index (κ1) is 15.7. The topological polar surface area (TPSA) is 43.1 Å². The van der Waals surface area contributed by atoms with E-state index in [9.17, 15) is 4.79 Å². The number of benzene rings is 1. The number of rotatable bonds is 5. The van der Waals surface area contributed by atoms with Crippen LogP contribution in [0.2, 0.25) is 0 Å². The molecule has 19 heavy (non-hydrogen) atoms. The largest absolute Gasteiger partial charge is 0.366 e. The van der Waals surface area contributed by atoms with Crippen molar-refractivity contribution in [3.63, 3.8) is 0 Å². The molecule has 0 saturated carbocycles. The fourth-order valence-corrected chi connectivity index (χ4v) is 2.15. The summed E-state index contributed by atoms with van der Waals surface area (Å²) in [5, 5.41) is 0. The third-order valence-corrected chi connectivity index (χ3v) is 4.56. The molecule has 106 valence electrons. The first-order chi connectivity index (χ1) is 8.65. The first-order valence-corrected chi connectivity index (χ1v) is 7.10. The van der Waals surface area contributed by atoms with Crippen LogP contribution in [0.25, 0.3) is 0 Å². The zero-order chi connectivity index (χ0) is 14.8. The third kappa shape index (κ3) is 3.17. The lowest BCUT2D eigenvalue weighted by Crippen LogP contribution is -2.25. The third-order valence-electron chi connectivity index (χ3n) is 4.56. The van der Waals surface area contributed by atoms with Crippen LogP contribution in [0.3, 0.4) is 0 Å².